The van der Waals surface area contributed by atoms with Crippen molar-refractivity contribution in [3.05, 3.63) is 35.1 Å². The summed E-state index contributed by atoms with van der Waals surface area (Å²) < 4.78 is 13.1. The van der Waals surface area contributed by atoms with E-state index in [9.17, 15) is 14.0 Å². The lowest BCUT2D eigenvalue weighted by molar-refractivity contribution is -0.123. The maximum atomic E-state index is 13.1. The van der Waals surface area contributed by atoms with Crippen molar-refractivity contribution in [3.63, 3.8) is 0 Å². The highest BCUT2D eigenvalue weighted by Gasteiger charge is 2.28. The zero-order chi connectivity index (χ0) is 15.2. The van der Waals surface area contributed by atoms with Crippen LogP contribution in [-0.4, -0.2) is 18.4 Å². The Bertz CT molecular complexity index is 527. The van der Waals surface area contributed by atoms with Crippen molar-refractivity contribution >= 4 is 11.8 Å². The van der Waals surface area contributed by atoms with Gasteiger partial charge in [0.15, 0.2) is 0 Å². The van der Waals surface area contributed by atoms with Gasteiger partial charge in [-0.15, -0.1) is 0 Å². The van der Waals surface area contributed by atoms with Gasteiger partial charge in [0, 0.05) is 25.4 Å². The molecule has 0 radical (unpaired) electrons. The van der Waals surface area contributed by atoms with Crippen LogP contribution in [0.1, 0.15) is 36.8 Å². The number of carbonyl (C=O) groups is 2. The second-order valence-electron chi connectivity index (χ2n) is 5.53. The zero-order valence-corrected chi connectivity index (χ0v) is 12.2. The molecule has 0 bridgehead atoms. The van der Waals surface area contributed by atoms with Crippen LogP contribution in [0.5, 0.6) is 0 Å². The van der Waals surface area contributed by atoms with Crippen molar-refractivity contribution in [1.82, 2.24) is 10.6 Å². The fourth-order valence-electron chi connectivity index (χ4n) is 2.06. The molecule has 2 amide bonds. The Labute approximate surface area is 124 Å². The van der Waals surface area contributed by atoms with Crippen LogP contribution in [0.2, 0.25) is 0 Å². The molecule has 1 aliphatic rings. The van der Waals surface area contributed by atoms with Gasteiger partial charge in [-0.1, -0.05) is 12.1 Å². The summed E-state index contributed by atoms with van der Waals surface area (Å²) in [6, 6.07) is 4.80. The molecule has 1 aromatic carbocycles. The number of hydrogen-bond donors (Lipinski definition) is 2. The molecule has 1 saturated carbocycles. The molecule has 1 fully saturated rings. The lowest BCUT2D eigenvalue weighted by atomic mass is 10.1. The van der Waals surface area contributed by atoms with Gasteiger partial charge in [0.05, 0.1) is 0 Å². The Morgan fingerprint density at radius 3 is 2.71 bits per heavy atom. The molecule has 1 aromatic rings. The van der Waals surface area contributed by atoms with Gasteiger partial charge in [0.2, 0.25) is 11.8 Å². The highest BCUT2D eigenvalue weighted by Crippen LogP contribution is 2.28. The van der Waals surface area contributed by atoms with Gasteiger partial charge in [-0.2, -0.15) is 0 Å². The minimum absolute atomic E-state index is 0.0577. The van der Waals surface area contributed by atoms with Crippen molar-refractivity contribution in [1.29, 1.82) is 0 Å². The quantitative estimate of drug-likeness (QED) is 0.756. The lowest BCUT2D eigenvalue weighted by Gasteiger charge is -2.07. The van der Waals surface area contributed by atoms with E-state index in [4.69, 9.17) is 0 Å². The van der Waals surface area contributed by atoms with E-state index in [1.165, 1.54) is 6.07 Å². The van der Waals surface area contributed by atoms with E-state index in [1.54, 1.807) is 19.1 Å². The molecule has 2 N–H and O–H groups in total. The molecule has 0 unspecified atom stereocenters. The largest absolute Gasteiger partial charge is 0.356 e. The first-order valence-corrected chi connectivity index (χ1v) is 7.35. The Morgan fingerprint density at radius 2 is 2.05 bits per heavy atom. The molecule has 4 nitrogen and oxygen atoms in total. The van der Waals surface area contributed by atoms with Gasteiger partial charge in [-0.25, -0.2) is 4.39 Å². The number of amides is 2. The lowest BCUT2D eigenvalue weighted by Crippen LogP contribution is -2.28. The number of halogens is 1. The Hall–Kier alpha value is -1.91. The van der Waals surface area contributed by atoms with Crippen molar-refractivity contribution in [2.75, 3.05) is 6.54 Å². The van der Waals surface area contributed by atoms with E-state index in [-0.39, 0.29) is 23.5 Å². The van der Waals surface area contributed by atoms with E-state index in [0.717, 1.165) is 18.4 Å². The van der Waals surface area contributed by atoms with E-state index in [1.807, 2.05) is 0 Å². The summed E-state index contributed by atoms with van der Waals surface area (Å²) in [5, 5.41) is 5.62. The summed E-state index contributed by atoms with van der Waals surface area (Å²) in [5.41, 5.74) is 1.45. The minimum Gasteiger partial charge on any atom is -0.356 e. The topological polar surface area (TPSA) is 58.2 Å². The SMILES string of the molecule is Cc1cc(CNC(=O)CCCNC(=O)C2CC2)ccc1F. The zero-order valence-electron chi connectivity index (χ0n) is 12.2. The van der Waals surface area contributed by atoms with Gasteiger partial charge < -0.3 is 10.6 Å². The summed E-state index contributed by atoms with van der Waals surface area (Å²) in [7, 11) is 0. The number of benzene rings is 1. The summed E-state index contributed by atoms with van der Waals surface area (Å²) in [5.74, 6) is 0.0202. The smallest absolute Gasteiger partial charge is 0.223 e. The van der Waals surface area contributed by atoms with Crippen LogP contribution in [0, 0.1) is 18.7 Å². The molecular formula is C16H21FN2O2. The first kappa shape index (κ1) is 15.5. The number of rotatable bonds is 7. The Morgan fingerprint density at radius 1 is 1.29 bits per heavy atom. The highest BCUT2D eigenvalue weighted by atomic mass is 19.1. The van der Waals surface area contributed by atoms with Crippen LogP contribution >= 0.6 is 0 Å². The number of aryl methyl sites for hydroxylation is 1. The van der Waals surface area contributed by atoms with Crippen LogP contribution in [0.3, 0.4) is 0 Å². The predicted molar refractivity (Wildman–Crippen MR) is 78.0 cm³/mol. The summed E-state index contributed by atoms with van der Waals surface area (Å²) >= 11 is 0. The molecule has 114 valence electrons. The molecule has 0 spiro atoms. The third kappa shape index (κ3) is 5.17. The van der Waals surface area contributed by atoms with E-state index < -0.39 is 0 Å². The van der Waals surface area contributed by atoms with Crippen molar-refractivity contribution in [2.24, 2.45) is 5.92 Å². The highest BCUT2D eigenvalue weighted by molar-refractivity contribution is 5.81. The fourth-order valence-corrected chi connectivity index (χ4v) is 2.06. The minimum atomic E-state index is -0.239. The van der Waals surface area contributed by atoms with Gasteiger partial charge in [0.1, 0.15) is 5.82 Å². The maximum absolute atomic E-state index is 13.1. The first-order valence-electron chi connectivity index (χ1n) is 7.35. The second-order valence-corrected chi connectivity index (χ2v) is 5.53. The molecule has 0 heterocycles. The van der Waals surface area contributed by atoms with Crippen molar-refractivity contribution < 1.29 is 14.0 Å². The van der Waals surface area contributed by atoms with Crippen LogP contribution in [0.4, 0.5) is 4.39 Å². The van der Waals surface area contributed by atoms with E-state index in [0.29, 0.717) is 31.5 Å². The molecular weight excluding hydrogens is 271 g/mol. The Kier molecular flexibility index (Phi) is 5.31. The Balaban J connectivity index is 1.60. The average Bonchev–Trinajstić information content (AvgIpc) is 3.29. The average molecular weight is 292 g/mol. The monoisotopic (exact) mass is 292 g/mol. The standard InChI is InChI=1S/C16H21FN2O2/c1-11-9-12(4-7-14(11)17)10-19-15(20)3-2-8-18-16(21)13-5-6-13/h4,7,9,13H,2-3,5-6,8,10H2,1H3,(H,18,21)(H,19,20). The third-order valence-corrected chi connectivity index (χ3v) is 3.54. The normalized spacial score (nSPS) is 13.8. The molecule has 5 heteroatoms. The van der Waals surface area contributed by atoms with Crippen LogP contribution < -0.4 is 10.6 Å². The van der Waals surface area contributed by atoms with Crippen molar-refractivity contribution in [3.8, 4) is 0 Å². The molecule has 1 aliphatic carbocycles. The molecule has 0 aromatic heterocycles. The summed E-state index contributed by atoms with van der Waals surface area (Å²) in [4.78, 5) is 23.0. The van der Waals surface area contributed by atoms with Crippen LogP contribution in [0.15, 0.2) is 18.2 Å². The maximum Gasteiger partial charge on any atom is 0.223 e. The van der Waals surface area contributed by atoms with Crippen molar-refractivity contribution in [2.45, 2.75) is 39.2 Å². The third-order valence-electron chi connectivity index (χ3n) is 3.54. The number of hydrogen-bond acceptors (Lipinski definition) is 2. The molecule has 0 atom stereocenters. The molecule has 0 aliphatic heterocycles. The van der Waals surface area contributed by atoms with Gasteiger partial charge in [-0.3, -0.25) is 9.59 Å². The number of carbonyl (C=O) groups excluding carboxylic acids is 2. The number of nitrogens with one attached hydrogen (secondary N) is 2. The van der Waals surface area contributed by atoms with Gasteiger partial charge in [0.25, 0.3) is 0 Å². The fraction of sp³-hybridized carbons (Fsp3) is 0.500. The van der Waals surface area contributed by atoms with E-state index >= 15 is 0 Å². The van der Waals surface area contributed by atoms with Gasteiger partial charge >= 0.3 is 0 Å². The van der Waals surface area contributed by atoms with Crippen LogP contribution in [-0.2, 0) is 16.1 Å². The molecule has 21 heavy (non-hydrogen) atoms. The second kappa shape index (κ2) is 7.20. The van der Waals surface area contributed by atoms with Gasteiger partial charge in [-0.05, 0) is 43.4 Å². The molecule has 0 saturated heterocycles. The summed E-state index contributed by atoms with van der Waals surface area (Å²) in [6.07, 6.45) is 2.99. The summed E-state index contributed by atoms with van der Waals surface area (Å²) in [6.45, 7) is 2.63. The van der Waals surface area contributed by atoms with E-state index in [2.05, 4.69) is 10.6 Å². The predicted octanol–water partition coefficient (Wildman–Crippen LogP) is 2.06. The molecule has 2 rings (SSSR count). The van der Waals surface area contributed by atoms with Crippen LogP contribution in [0.25, 0.3) is 0 Å². The first-order chi connectivity index (χ1) is 10.1.